The second-order valence-corrected chi connectivity index (χ2v) is 5.30. The molecule has 124 valence electrons. The summed E-state index contributed by atoms with van der Waals surface area (Å²) >= 11 is 0. The third kappa shape index (κ3) is 2.93. The summed E-state index contributed by atoms with van der Waals surface area (Å²) in [5, 5.41) is 3.70. The van der Waals surface area contributed by atoms with E-state index in [1.54, 1.807) is 19.2 Å². The molecule has 2 aromatic carbocycles. The smallest absolute Gasteiger partial charge is 0.291 e. The molecule has 0 saturated carbocycles. The van der Waals surface area contributed by atoms with Gasteiger partial charge in [0.15, 0.2) is 5.76 Å². The highest BCUT2D eigenvalue weighted by Gasteiger charge is 2.19. The van der Waals surface area contributed by atoms with Gasteiger partial charge in [0.2, 0.25) is 0 Å². The monoisotopic (exact) mass is 325 g/mol. The number of hydrogen-bond acceptors (Lipinski definition) is 4. The van der Waals surface area contributed by atoms with Crippen molar-refractivity contribution in [3.05, 3.63) is 53.8 Å². The van der Waals surface area contributed by atoms with Gasteiger partial charge < -0.3 is 19.2 Å². The molecule has 0 atom stereocenters. The highest BCUT2D eigenvalue weighted by atomic mass is 16.5. The van der Waals surface area contributed by atoms with Gasteiger partial charge in [0.25, 0.3) is 5.91 Å². The molecule has 1 amide bonds. The van der Waals surface area contributed by atoms with Gasteiger partial charge in [-0.25, -0.2) is 0 Å². The summed E-state index contributed by atoms with van der Waals surface area (Å²) < 4.78 is 16.5. The van der Waals surface area contributed by atoms with Crippen LogP contribution in [0.5, 0.6) is 11.5 Å². The fourth-order valence-electron chi connectivity index (χ4n) is 2.60. The lowest BCUT2D eigenvalue weighted by molar-refractivity contribution is 0.0997. The molecule has 0 spiro atoms. The predicted octanol–water partition coefficient (Wildman–Crippen LogP) is 4.40. The molecule has 0 aliphatic rings. The fraction of sp³-hybridized carbons (Fsp3) is 0.211. The third-order valence-corrected chi connectivity index (χ3v) is 3.78. The Bertz CT molecular complexity index is 882. The zero-order valence-corrected chi connectivity index (χ0v) is 13.9. The number of rotatable bonds is 5. The van der Waals surface area contributed by atoms with Crippen molar-refractivity contribution in [3.8, 4) is 11.5 Å². The Balaban J connectivity index is 1.93. The maximum atomic E-state index is 12.6. The molecule has 3 rings (SSSR count). The van der Waals surface area contributed by atoms with Gasteiger partial charge in [-0.15, -0.1) is 0 Å². The van der Waals surface area contributed by atoms with Crippen LogP contribution >= 0.6 is 0 Å². The summed E-state index contributed by atoms with van der Waals surface area (Å²) in [4.78, 5) is 12.6. The number of para-hydroxylation sites is 2. The summed E-state index contributed by atoms with van der Waals surface area (Å²) in [5.74, 6) is 1.32. The summed E-state index contributed by atoms with van der Waals surface area (Å²) in [5.41, 5.74) is 2.03. The minimum absolute atomic E-state index is 0.282. The van der Waals surface area contributed by atoms with Crippen molar-refractivity contribution in [2.24, 2.45) is 0 Å². The highest BCUT2D eigenvalue weighted by molar-refractivity contribution is 6.07. The number of fused-ring (bicyclic) bond motifs is 1. The molecule has 0 fully saturated rings. The number of methoxy groups -OCH3 is 1. The lowest BCUT2D eigenvalue weighted by atomic mass is 10.1. The molecule has 0 saturated heterocycles. The summed E-state index contributed by atoms with van der Waals surface area (Å²) in [7, 11) is 1.56. The molecule has 0 radical (unpaired) electrons. The van der Waals surface area contributed by atoms with Crippen molar-refractivity contribution in [3.63, 3.8) is 0 Å². The first-order valence-electron chi connectivity index (χ1n) is 7.74. The molecule has 0 aliphatic heterocycles. The topological polar surface area (TPSA) is 60.7 Å². The van der Waals surface area contributed by atoms with Crippen molar-refractivity contribution >= 4 is 22.6 Å². The van der Waals surface area contributed by atoms with Crippen LogP contribution in [-0.4, -0.2) is 19.6 Å². The van der Waals surface area contributed by atoms with E-state index in [1.165, 1.54) is 0 Å². The molecule has 5 heteroatoms. The number of ether oxygens (including phenoxy) is 2. The number of carbonyl (C=O) groups excluding carboxylic acids is 1. The second kappa shape index (κ2) is 6.66. The van der Waals surface area contributed by atoms with E-state index in [9.17, 15) is 4.79 Å². The maximum Gasteiger partial charge on any atom is 0.291 e. The SMILES string of the molecule is CCOc1ccc2oc(C(=O)Nc3ccccc3OC)c(C)c2c1. The number of carbonyl (C=O) groups is 1. The standard InChI is InChI=1S/C19H19NO4/c1-4-23-13-9-10-16-14(11-13)12(2)18(24-16)19(21)20-15-7-5-6-8-17(15)22-3/h5-11H,4H2,1-3H3,(H,20,21). The molecule has 1 aromatic heterocycles. The molecule has 24 heavy (non-hydrogen) atoms. The molecular weight excluding hydrogens is 306 g/mol. The Morgan fingerprint density at radius 1 is 1.21 bits per heavy atom. The minimum Gasteiger partial charge on any atom is -0.495 e. The summed E-state index contributed by atoms with van der Waals surface area (Å²) in [6, 6.07) is 12.8. The van der Waals surface area contributed by atoms with Gasteiger partial charge in [0.05, 0.1) is 19.4 Å². The van der Waals surface area contributed by atoms with Gasteiger partial charge in [-0.2, -0.15) is 0 Å². The predicted molar refractivity (Wildman–Crippen MR) is 93.1 cm³/mol. The van der Waals surface area contributed by atoms with Crippen molar-refractivity contribution in [1.29, 1.82) is 0 Å². The van der Waals surface area contributed by atoms with Crippen LogP contribution in [0.4, 0.5) is 5.69 Å². The number of anilines is 1. The number of amides is 1. The minimum atomic E-state index is -0.314. The van der Waals surface area contributed by atoms with Crippen LogP contribution in [0.1, 0.15) is 23.0 Å². The Morgan fingerprint density at radius 3 is 2.75 bits per heavy atom. The average Bonchev–Trinajstić information content (AvgIpc) is 2.92. The van der Waals surface area contributed by atoms with E-state index in [0.717, 1.165) is 16.7 Å². The first-order chi connectivity index (χ1) is 11.6. The van der Waals surface area contributed by atoms with E-state index in [0.29, 0.717) is 23.6 Å². The van der Waals surface area contributed by atoms with E-state index in [4.69, 9.17) is 13.9 Å². The fourth-order valence-corrected chi connectivity index (χ4v) is 2.60. The van der Waals surface area contributed by atoms with Gasteiger partial charge in [-0.05, 0) is 44.2 Å². The normalized spacial score (nSPS) is 10.6. The molecule has 5 nitrogen and oxygen atoms in total. The van der Waals surface area contributed by atoms with Crippen LogP contribution in [0.3, 0.4) is 0 Å². The van der Waals surface area contributed by atoms with E-state index in [2.05, 4.69) is 5.32 Å². The van der Waals surface area contributed by atoms with Crippen LogP contribution in [0.25, 0.3) is 11.0 Å². The number of nitrogens with one attached hydrogen (secondary N) is 1. The summed E-state index contributed by atoms with van der Waals surface area (Å²) in [6.07, 6.45) is 0. The lowest BCUT2D eigenvalue weighted by Gasteiger charge is -2.08. The van der Waals surface area contributed by atoms with E-state index < -0.39 is 0 Å². The second-order valence-electron chi connectivity index (χ2n) is 5.30. The number of furan rings is 1. The lowest BCUT2D eigenvalue weighted by Crippen LogP contribution is -2.12. The Morgan fingerprint density at radius 2 is 2.00 bits per heavy atom. The van der Waals surface area contributed by atoms with Crippen molar-refractivity contribution in [1.82, 2.24) is 0 Å². The summed E-state index contributed by atoms with van der Waals surface area (Å²) in [6.45, 7) is 4.38. The zero-order chi connectivity index (χ0) is 17.1. The Labute approximate surface area is 140 Å². The first kappa shape index (κ1) is 15.9. The van der Waals surface area contributed by atoms with E-state index >= 15 is 0 Å². The molecule has 0 bridgehead atoms. The number of aryl methyl sites for hydroxylation is 1. The molecule has 1 heterocycles. The quantitative estimate of drug-likeness (QED) is 0.755. The molecule has 0 unspecified atom stereocenters. The average molecular weight is 325 g/mol. The molecule has 1 N–H and O–H groups in total. The third-order valence-electron chi connectivity index (χ3n) is 3.78. The van der Waals surface area contributed by atoms with Crippen molar-refractivity contribution in [2.75, 3.05) is 19.0 Å². The van der Waals surface area contributed by atoms with Crippen LogP contribution in [-0.2, 0) is 0 Å². The van der Waals surface area contributed by atoms with Crippen LogP contribution in [0.2, 0.25) is 0 Å². The highest BCUT2D eigenvalue weighted by Crippen LogP contribution is 2.30. The zero-order valence-electron chi connectivity index (χ0n) is 13.9. The molecule has 0 aliphatic carbocycles. The van der Waals surface area contributed by atoms with Gasteiger partial charge in [0, 0.05) is 10.9 Å². The van der Waals surface area contributed by atoms with Gasteiger partial charge >= 0.3 is 0 Å². The van der Waals surface area contributed by atoms with Crippen LogP contribution in [0, 0.1) is 6.92 Å². The Kier molecular flexibility index (Phi) is 4.42. The van der Waals surface area contributed by atoms with Crippen LogP contribution in [0.15, 0.2) is 46.9 Å². The molecular formula is C19H19NO4. The largest absolute Gasteiger partial charge is 0.495 e. The number of benzene rings is 2. The van der Waals surface area contributed by atoms with E-state index in [-0.39, 0.29) is 11.7 Å². The van der Waals surface area contributed by atoms with Crippen molar-refractivity contribution < 1.29 is 18.7 Å². The van der Waals surface area contributed by atoms with Crippen LogP contribution < -0.4 is 14.8 Å². The number of hydrogen-bond donors (Lipinski definition) is 1. The van der Waals surface area contributed by atoms with E-state index in [1.807, 2.05) is 44.2 Å². The maximum absolute atomic E-state index is 12.6. The first-order valence-corrected chi connectivity index (χ1v) is 7.74. The Hall–Kier alpha value is -2.95. The van der Waals surface area contributed by atoms with Crippen molar-refractivity contribution in [2.45, 2.75) is 13.8 Å². The van der Waals surface area contributed by atoms with Gasteiger partial charge in [0.1, 0.15) is 17.1 Å². The van der Waals surface area contributed by atoms with Gasteiger partial charge in [-0.1, -0.05) is 12.1 Å². The van der Waals surface area contributed by atoms with Gasteiger partial charge in [-0.3, -0.25) is 4.79 Å². The molecule has 3 aromatic rings.